The van der Waals surface area contributed by atoms with Crippen LogP contribution in [-0.2, 0) is 9.59 Å². The Balaban J connectivity index is 1.78. The fourth-order valence-electron chi connectivity index (χ4n) is 3.03. The van der Waals surface area contributed by atoms with Gasteiger partial charge in [0.05, 0.1) is 6.54 Å². The van der Waals surface area contributed by atoms with Crippen LogP contribution in [0.4, 0.5) is 0 Å². The van der Waals surface area contributed by atoms with Crippen molar-refractivity contribution in [3.8, 4) is 0 Å². The molecule has 1 N–H and O–H groups in total. The van der Waals surface area contributed by atoms with Crippen molar-refractivity contribution in [3.05, 3.63) is 0 Å². The lowest BCUT2D eigenvalue weighted by Gasteiger charge is -2.38. The largest absolute Gasteiger partial charge is 0.343 e. The Kier molecular flexibility index (Phi) is 2.60. The molecule has 1 aliphatic heterocycles. The van der Waals surface area contributed by atoms with Crippen LogP contribution in [0.5, 0.6) is 0 Å². The third kappa shape index (κ3) is 2.05. The summed E-state index contributed by atoms with van der Waals surface area (Å²) < 4.78 is 0. The summed E-state index contributed by atoms with van der Waals surface area (Å²) in [7, 11) is 0. The Morgan fingerprint density at radius 1 is 1.24 bits per heavy atom. The van der Waals surface area contributed by atoms with Crippen LogP contribution in [0.3, 0.4) is 0 Å². The van der Waals surface area contributed by atoms with Crippen LogP contribution >= 0.6 is 0 Å². The van der Waals surface area contributed by atoms with Gasteiger partial charge < -0.3 is 10.2 Å². The first-order valence-electron chi connectivity index (χ1n) is 6.80. The summed E-state index contributed by atoms with van der Waals surface area (Å²) in [5.41, 5.74) is 0. The van der Waals surface area contributed by atoms with E-state index in [2.05, 4.69) is 5.32 Å². The number of rotatable bonds is 4. The highest BCUT2D eigenvalue weighted by molar-refractivity contribution is 5.95. The molecule has 4 heteroatoms. The highest BCUT2D eigenvalue weighted by Gasteiger charge is 2.48. The van der Waals surface area contributed by atoms with Gasteiger partial charge in [0, 0.05) is 6.04 Å². The van der Waals surface area contributed by atoms with Crippen LogP contribution in [0.2, 0.25) is 0 Å². The van der Waals surface area contributed by atoms with Gasteiger partial charge in [-0.2, -0.15) is 0 Å². The van der Waals surface area contributed by atoms with Gasteiger partial charge in [0.1, 0.15) is 6.04 Å². The van der Waals surface area contributed by atoms with E-state index in [1.54, 1.807) is 0 Å². The summed E-state index contributed by atoms with van der Waals surface area (Å²) in [6.45, 7) is 2.24. The molecule has 3 rings (SSSR count). The number of piperazine rings is 1. The normalized spacial score (nSPS) is 29.8. The van der Waals surface area contributed by atoms with Crippen LogP contribution < -0.4 is 5.32 Å². The van der Waals surface area contributed by atoms with Gasteiger partial charge in [0.25, 0.3) is 0 Å². The van der Waals surface area contributed by atoms with Gasteiger partial charge in [-0.05, 0) is 43.9 Å². The van der Waals surface area contributed by atoms with Crippen molar-refractivity contribution in [2.75, 3.05) is 6.54 Å². The van der Waals surface area contributed by atoms with E-state index < -0.39 is 0 Å². The molecule has 0 spiro atoms. The Hall–Kier alpha value is -1.06. The first kappa shape index (κ1) is 11.1. The van der Waals surface area contributed by atoms with E-state index >= 15 is 0 Å². The van der Waals surface area contributed by atoms with Gasteiger partial charge in [0.15, 0.2) is 0 Å². The second-order valence-electron chi connectivity index (χ2n) is 5.66. The van der Waals surface area contributed by atoms with Gasteiger partial charge in [-0.3, -0.25) is 9.59 Å². The number of carbonyl (C=O) groups is 2. The van der Waals surface area contributed by atoms with Gasteiger partial charge in [-0.1, -0.05) is 6.92 Å². The van der Waals surface area contributed by atoms with Crippen LogP contribution in [0.25, 0.3) is 0 Å². The average Bonchev–Trinajstić information content (AvgIpc) is 3.14. The molecule has 2 saturated carbocycles. The zero-order chi connectivity index (χ0) is 12.0. The van der Waals surface area contributed by atoms with E-state index in [4.69, 9.17) is 0 Å². The molecule has 0 aromatic rings. The van der Waals surface area contributed by atoms with E-state index in [0.717, 1.165) is 0 Å². The smallest absolute Gasteiger partial charge is 0.245 e. The van der Waals surface area contributed by atoms with Crippen LogP contribution in [0.1, 0.15) is 39.0 Å². The number of hydrogen-bond acceptors (Lipinski definition) is 2. The molecule has 0 bridgehead atoms. The zero-order valence-corrected chi connectivity index (χ0v) is 10.3. The third-order valence-corrected chi connectivity index (χ3v) is 4.21. The maximum absolute atomic E-state index is 12.3. The predicted molar refractivity (Wildman–Crippen MR) is 63.2 cm³/mol. The summed E-state index contributed by atoms with van der Waals surface area (Å²) in [6, 6.07) is 0.0823. The molecular weight excluding hydrogens is 216 g/mol. The molecule has 1 saturated heterocycles. The van der Waals surface area contributed by atoms with Crippen LogP contribution in [0, 0.1) is 11.8 Å². The molecule has 1 unspecified atom stereocenters. The van der Waals surface area contributed by atoms with Crippen molar-refractivity contribution in [1.82, 2.24) is 10.2 Å². The lowest BCUT2D eigenvalue weighted by Crippen LogP contribution is -2.61. The predicted octanol–water partition coefficient (Wildman–Crippen LogP) is 0.912. The number of carbonyl (C=O) groups excluding carboxylic acids is 2. The SMILES string of the molecule is CCC1NC(=O)CN(C(C2CC2)C2CC2)C1=O. The fourth-order valence-corrected chi connectivity index (χ4v) is 3.03. The maximum atomic E-state index is 12.3. The molecule has 3 fully saturated rings. The van der Waals surface area contributed by atoms with Crippen molar-refractivity contribution in [3.63, 3.8) is 0 Å². The van der Waals surface area contributed by atoms with E-state index in [1.807, 2.05) is 11.8 Å². The fraction of sp³-hybridized carbons (Fsp3) is 0.846. The standard InChI is InChI=1S/C13H20N2O2/c1-2-10-13(17)15(7-11(16)14-10)12(8-3-4-8)9-5-6-9/h8-10,12H,2-7H2,1H3,(H,14,16). The summed E-state index contributed by atoms with van der Waals surface area (Å²) in [5, 5.41) is 2.79. The third-order valence-electron chi connectivity index (χ3n) is 4.21. The molecule has 0 aromatic carbocycles. The maximum Gasteiger partial charge on any atom is 0.245 e. The number of nitrogens with one attached hydrogen (secondary N) is 1. The quantitative estimate of drug-likeness (QED) is 0.789. The summed E-state index contributed by atoms with van der Waals surface area (Å²) in [4.78, 5) is 25.9. The Morgan fingerprint density at radius 3 is 2.29 bits per heavy atom. The lowest BCUT2D eigenvalue weighted by atomic mass is 10.0. The first-order chi connectivity index (χ1) is 8.20. The number of hydrogen-bond donors (Lipinski definition) is 1. The van der Waals surface area contributed by atoms with Crippen LogP contribution in [0.15, 0.2) is 0 Å². The molecule has 17 heavy (non-hydrogen) atoms. The summed E-state index contributed by atoms with van der Waals surface area (Å²) in [5.74, 6) is 1.52. The Bertz CT molecular complexity index is 335. The van der Waals surface area contributed by atoms with Gasteiger partial charge in [0.2, 0.25) is 11.8 Å². The molecule has 94 valence electrons. The van der Waals surface area contributed by atoms with Gasteiger partial charge in [-0.25, -0.2) is 0 Å². The van der Waals surface area contributed by atoms with Gasteiger partial charge >= 0.3 is 0 Å². The molecule has 2 amide bonds. The summed E-state index contributed by atoms with van der Waals surface area (Å²) in [6.07, 6.45) is 5.66. The highest BCUT2D eigenvalue weighted by Crippen LogP contribution is 2.47. The average molecular weight is 236 g/mol. The zero-order valence-electron chi connectivity index (χ0n) is 10.3. The van der Waals surface area contributed by atoms with E-state index in [-0.39, 0.29) is 24.4 Å². The van der Waals surface area contributed by atoms with Crippen molar-refractivity contribution in [2.45, 2.75) is 51.1 Å². The monoisotopic (exact) mass is 236 g/mol. The van der Waals surface area contributed by atoms with Gasteiger partial charge in [-0.15, -0.1) is 0 Å². The highest BCUT2D eigenvalue weighted by atomic mass is 16.2. The Morgan fingerprint density at radius 2 is 1.82 bits per heavy atom. The Labute approximate surface area is 102 Å². The molecule has 0 aromatic heterocycles. The summed E-state index contributed by atoms with van der Waals surface area (Å²) >= 11 is 0. The second kappa shape index (κ2) is 4.00. The molecule has 2 aliphatic carbocycles. The molecule has 1 atom stereocenters. The minimum absolute atomic E-state index is 0.0164. The number of nitrogens with zero attached hydrogens (tertiary/aromatic N) is 1. The molecule has 0 radical (unpaired) electrons. The minimum atomic E-state index is -0.281. The topological polar surface area (TPSA) is 49.4 Å². The minimum Gasteiger partial charge on any atom is -0.343 e. The first-order valence-corrected chi connectivity index (χ1v) is 6.80. The van der Waals surface area contributed by atoms with E-state index in [0.29, 0.717) is 24.3 Å². The van der Waals surface area contributed by atoms with Crippen molar-refractivity contribution in [2.24, 2.45) is 11.8 Å². The molecule has 4 nitrogen and oxygen atoms in total. The number of amides is 2. The lowest BCUT2D eigenvalue weighted by molar-refractivity contribution is -0.147. The van der Waals surface area contributed by atoms with Crippen molar-refractivity contribution in [1.29, 1.82) is 0 Å². The van der Waals surface area contributed by atoms with Crippen LogP contribution in [-0.4, -0.2) is 35.3 Å². The van der Waals surface area contributed by atoms with Crippen molar-refractivity contribution >= 4 is 11.8 Å². The molecule has 1 heterocycles. The van der Waals surface area contributed by atoms with E-state index in [9.17, 15) is 9.59 Å². The second-order valence-corrected chi connectivity index (χ2v) is 5.66. The molecule has 3 aliphatic rings. The van der Waals surface area contributed by atoms with Crippen molar-refractivity contribution < 1.29 is 9.59 Å². The van der Waals surface area contributed by atoms with E-state index in [1.165, 1.54) is 25.7 Å². The molecular formula is C13H20N2O2.